The highest BCUT2D eigenvalue weighted by Crippen LogP contribution is 2.28. The maximum absolute atomic E-state index is 11.6. The fourth-order valence-electron chi connectivity index (χ4n) is 2.57. The summed E-state index contributed by atoms with van der Waals surface area (Å²) in [6.45, 7) is 1.88. The monoisotopic (exact) mass is 332 g/mol. The molecule has 1 N–H and O–H groups in total. The number of piperidine rings is 1. The summed E-state index contributed by atoms with van der Waals surface area (Å²) in [5, 5.41) is 3.95. The molecule has 0 spiro atoms. The van der Waals surface area contributed by atoms with Crippen LogP contribution in [0.3, 0.4) is 0 Å². The van der Waals surface area contributed by atoms with Crippen molar-refractivity contribution in [2.45, 2.75) is 12.8 Å². The van der Waals surface area contributed by atoms with Crippen molar-refractivity contribution in [1.29, 1.82) is 0 Å². The molecule has 118 valence electrons. The van der Waals surface area contributed by atoms with E-state index in [9.17, 15) is 8.42 Å². The molecule has 0 aliphatic carbocycles. The molecule has 1 aliphatic heterocycles. The van der Waals surface area contributed by atoms with Gasteiger partial charge in [0.05, 0.1) is 19.1 Å². The van der Waals surface area contributed by atoms with Crippen LogP contribution in [0.15, 0.2) is 18.2 Å². The second-order valence-electron chi connectivity index (χ2n) is 5.35. The first-order valence-electron chi connectivity index (χ1n) is 6.92. The van der Waals surface area contributed by atoms with E-state index in [2.05, 4.69) is 5.32 Å². The average Bonchev–Trinajstić information content (AvgIpc) is 2.45. The van der Waals surface area contributed by atoms with Crippen molar-refractivity contribution in [2.75, 3.05) is 38.3 Å². The van der Waals surface area contributed by atoms with Crippen LogP contribution in [0.1, 0.15) is 12.8 Å². The number of anilines is 1. The van der Waals surface area contributed by atoms with Crippen molar-refractivity contribution in [3.8, 4) is 5.75 Å². The second-order valence-corrected chi connectivity index (χ2v) is 7.77. The van der Waals surface area contributed by atoms with Gasteiger partial charge in [0.2, 0.25) is 10.0 Å². The maximum atomic E-state index is 11.6. The first-order valence-corrected chi connectivity index (χ1v) is 9.15. The third-order valence-corrected chi connectivity index (χ3v) is 5.20. The van der Waals surface area contributed by atoms with E-state index in [0.717, 1.165) is 24.3 Å². The SMILES string of the molecule is COc1ccc(Cl)cc1NCC1CCCN(S(C)(=O)=O)C1. The number of rotatable bonds is 5. The van der Waals surface area contributed by atoms with E-state index in [-0.39, 0.29) is 5.92 Å². The highest BCUT2D eigenvalue weighted by molar-refractivity contribution is 7.88. The lowest BCUT2D eigenvalue weighted by atomic mass is 9.99. The van der Waals surface area contributed by atoms with E-state index < -0.39 is 10.0 Å². The number of nitrogens with one attached hydrogen (secondary N) is 1. The molecular formula is C14H21ClN2O3S. The Morgan fingerprint density at radius 3 is 2.90 bits per heavy atom. The lowest BCUT2D eigenvalue weighted by molar-refractivity contribution is 0.276. The maximum Gasteiger partial charge on any atom is 0.211 e. The van der Waals surface area contributed by atoms with Gasteiger partial charge in [-0.2, -0.15) is 0 Å². The lowest BCUT2D eigenvalue weighted by Gasteiger charge is -2.31. The Morgan fingerprint density at radius 1 is 1.48 bits per heavy atom. The molecule has 21 heavy (non-hydrogen) atoms. The molecule has 1 aromatic carbocycles. The van der Waals surface area contributed by atoms with Gasteiger partial charge >= 0.3 is 0 Å². The molecule has 0 saturated carbocycles. The van der Waals surface area contributed by atoms with Gasteiger partial charge in [0.15, 0.2) is 0 Å². The fourth-order valence-corrected chi connectivity index (χ4v) is 3.68. The van der Waals surface area contributed by atoms with Crippen LogP contribution in [0, 0.1) is 5.92 Å². The highest BCUT2D eigenvalue weighted by Gasteiger charge is 2.25. The summed E-state index contributed by atoms with van der Waals surface area (Å²) in [4.78, 5) is 0. The quantitative estimate of drug-likeness (QED) is 0.899. The standard InChI is InChI=1S/C14H21ClN2O3S/c1-20-14-6-5-12(15)8-13(14)16-9-11-4-3-7-17(10-11)21(2,18)19/h5-6,8,11,16H,3-4,7,9-10H2,1-2H3. The normalized spacial score (nSPS) is 20.2. The first-order chi connectivity index (χ1) is 9.90. The summed E-state index contributed by atoms with van der Waals surface area (Å²) < 4.78 is 30.1. The van der Waals surface area contributed by atoms with Crippen LogP contribution in [0.2, 0.25) is 5.02 Å². The molecule has 1 fully saturated rings. The van der Waals surface area contributed by atoms with Crippen LogP contribution in [-0.4, -0.2) is 45.7 Å². The van der Waals surface area contributed by atoms with Crippen LogP contribution in [0.4, 0.5) is 5.69 Å². The Bertz CT molecular complexity index is 592. The van der Waals surface area contributed by atoms with Crippen molar-refractivity contribution in [2.24, 2.45) is 5.92 Å². The summed E-state index contributed by atoms with van der Waals surface area (Å²) in [5.74, 6) is 1.02. The van der Waals surface area contributed by atoms with Crippen molar-refractivity contribution in [1.82, 2.24) is 4.31 Å². The Kier molecular flexibility index (Phi) is 5.35. The number of hydrogen-bond donors (Lipinski definition) is 1. The molecule has 2 rings (SSSR count). The Labute approximate surface area is 131 Å². The van der Waals surface area contributed by atoms with Gasteiger partial charge in [0.25, 0.3) is 0 Å². The van der Waals surface area contributed by atoms with Crippen molar-refractivity contribution in [3.05, 3.63) is 23.2 Å². The second kappa shape index (κ2) is 6.85. The van der Waals surface area contributed by atoms with Crippen LogP contribution in [0.5, 0.6) is 5.75 Å². The number of nitrogens with zero attached hydrogens (tertiary/aromatic N) is 1. The number of ether oxygens (including phenoxy) is 1. The molecule has 0 radical (unpaired) electrons. The van der Waals surface area contributed by atoms with Crippen LogP contribution < -0.4 is 10.1 Å². The molecular weight excluding hydrogens is 312 g/mol. The van der Waals surface area contributed by atoms with Crippen molar-refractivity contribution < 1.29 is 13.2 Å². The largest absolute Gasteiger partial charge is 0.495 e. The zero-order chi connectivity index (χ0) is 15.5. The van der Waals surface area contributed by atoms with Gasteiger partial charge in [-0.1, -0.05) is 11.6 Å². The predicted molar refractivity (Wildman–Crippen MR) is 85.6 cm³/mol. The van der Waals surface area contributed by atoms with Gasteiger partial charge in [-0.3, -0.25) is 0 Å². The van der Waals surface area contributed by atoms with E-state index >= 15 is 0 Å². The number of benzene rings is 1. The molecule has 1 aliphatic rings. The van der Waals surface area contributed by atoms with Crippen molar-refractivity contribution >= 4 is 27.3 Å². The molecule has 1 unspecified atom stereocenters. The highest BCUT2D eigenvalue weighted by atomic mass is 35.5. The topological polar surface area (TPSA) is 58.6 Å². The zero-order valence-electron chi connectivity index (χ0n) is 12.3. The van der Waals surface area contributed by atoms with E-state index in [0.29, 0.717) is 24.7 Å². The molecule has 0 aromatic heterocycles. The minimum atomic E-state index is -3.10. The van der Waals surface area contributed by atoms with Crippen molar-refractivity contribution in [3.63, 3.8) is 0 Å². The molecule has 1 atom stereocenters. The van der Waals surface area contributed by atoms with Crippen LogP contribution in [0.25, 0.3) is 0 Å². The third kappa shape index (κ3) is 4.49. The summed E-state index contributed by atoms with van der Waals surface area (Å²) in [6.07, 6.45) is 3.18. The molecule has 7 heteroatoms. The van der Waals surface area contributed by atoms with Gasteiger partial charge in [-0.15, -0.1) is 0 Å². The van der Waals surface area contributed by atoms with Gasteiger partial charge in [0.1, 0.15) is 5.75 Å². The fraction of sp³-hybridized carbons (Fsp3) is 0.571. The van der Waals surface area contributed by atoms with Crippen LogP contribution >= 0.6 is 11.6 Å². The Hall–Kier alpha value is -0.980. The number of methoxy groups -OCH3 is 1. The zero-order valence-corrected chi connectivity index (χ0v) is 13.9. The number of sulfonamides is 1. The summed E-state index contributed by atoms with van der Waals surface area (Å²) in [7, 11) is -1.49. The van der Waals surface area contributed by atoms with Gasteiger partial charge in [0, 0.05) is 24.7 Å². The number of hydrogen-bond acceptors (Lipinski definition) is 4. The summed E-state index contributed by atoms with van der Waals surface area (Å²) >= 11 is 6.00. The van der Waals surface area contributed by atoms with Crippen LogP contribution in [-0.2, 0) is 10.0 Å². The molecule has 1 saturated heterocycles. The lowest BCUT2D eigenvalue weighted by Crippen LogP contribution is -2.41. The average molecular weight is 333 g/mol. The first kappa shape index (κ1) is 16.4. The Morgan fingerprint density at radius 2 is 2.24 bits per heavy atom. The number of halogens is 1. The van der Waals surface area contributed by atoms with Gasteiger partial charge < -0.3 is 10.1 Å². The molecule has 0 amide bonds. The minimum Gasteiger partial charge on any atom is -0.495 e. The molecule has 1 aromatic rings. The molecule has 1 heterocycles. The van der Waals surface area contributed by atoms with E-state index in [1.807, 2.05) is 12.1 Å². The summed E-state index contributed by atoms with van der Waals surface area (Å²) in [5.41, 5.74) is 0.835. The van der Waals surface area contributed by atoms with E-state index in [4.69, 9.17) is 16.3 Å². The van der Waals surface area contributed by atoms with E-state index in [1.165, 1.54) is 6.26 Å². The molecule has 0 bridgehead atoms. The molecule has 5 nitrogen and oxygen atoms in total. The predicted octanol–water partition coefficient (Wildman–Crippen LogP) is 2.43. The van der Waals surface area contributed by atoms with Gasteiger partial charge in [-0.25, -0.2) is 12.7 Å². The summed E-state index contributed by atoms with van der Waals surface area (Å²) in [6, 6.07) is 5.41. The third-order valence-electron chi connectivity index (χ3n) is 3.69. The Balaban J connectivity index is 1.98. The minimum absolute atomic E-state index is 0.289. The van der Waals surface area contributed by atoms with E-state index in [1.54, 1.807) is 17.5 Å². The smallest absolute Gasteiger partial charge is 0.211 e. The van der Waals surface area contributed by atoms with Gasteiger partial charge in [-0.05, 0) is 37.0 Å².